The van der Waals surface area contributed by atoms with Crippen LogP contribution in [0.2, 0.25) is 0 Å². The van der Waals surface area contributed by atoms with Crippen molar-refractivity contribution < 1.29 is 14.3 Å². The second-order valence-corrected chi connectivity index (χ2v) is 5.29. The second-order valence-electron chi connectivity index (χ2n) is 5.29. The van der Waals surface area contributed by atoms with Crippen LogP contribution in [0.1, 0.15) is 26.2 Å². The highest BCUT2D eigenvalue weighted by atomic mass is 16.5. The number of ether oxygens (including phenoxy) is 2. The Morgan fingerprint density at radius 2 is 2.09 bits per heavy atom. The van der Waals surface area contributed by atoms with Crippen LogP contribution < -0.4 is 14.8 Å². The zero-order valence-corrected chi connectivity index (χ0v) is 13.5. The zero-order chi connectivity index (χ0) is 15.9. The molecule has 0 aliphatic carbocycles. The Balaban J connectivity index is 2.02. The molecule has 5 nitrogen and oxygen atoms in total. The molecule has 2 amide bonds. The largest absolute Gasteiger partial charge is 0.493 e. The van der Waals surface area contributed by atoms with Gasteiger partial charge in [0.15, 0.2) is 11.5 Å². The first-order valence-corrected chi connectivity index (χ1v) is 7.66. The van der Waals surface area contributed by atoms with Crippen LogP contribution in [0, 0.1) is 0 Å². The van der Waals surface area contributed by atoms with E-state index in [1.165, 1.54) is 0 Å². The first-order chi connectivity index (χ1) is 10.7. The number of carbonyl (C=O) groups excluding carboxylic acids is 1. The standard InChI is InChI=1S/C17H24N2O3/c1-4-5-7-14-8-6-11-19(14)17(20)18-13-9-10-15(21-2)16(12-13)22-3/h6,8-10,12,14H,4-5,7,11H2,1-3H3,(H,18,20)/t14-/m0/s1. The van der Waals surface area contributed by atoms with Crippen LogP contribution in [-0.4, -0.2) is 37.7 Å². The van der Waals surface area contributed by atoms with Gasteiger partial charge in [-0.25, -0.2) is 4.79 Å². The predicted molar refractivity (Wildman–Crippen MR) is 87.7 cm³/mol. The number of methoxy groups -OCH3 is 2. The number of rotatable bonds is 6. The molecule has 0 spiro atoms. The fourth-order valence-corrected chi connectivity index (χ4v) is 2.58. The summed E-state index contributed by atoms with van der Waals surface area (Å²) in [6.07, 6.45) is 7.43. The molecule has 1 aliphatic heterocycles. The van der Waals surface area contributed by atoms with Crippen molar-refractivity contribution in [1.29, 1.82) is 0 Å². The molecule has 0 saturated heterocycles. The van der Waals surface area contributed by atoms with E-state index in [4.69, 9.17) is 9.47 Å². The van der Waals surface area contributed by atoms with Gasteiger partial charge in [-0.15, -0.1) is 0 Å². The van der Waals surface area contributed by atoms with E-state index in [-0.39, 0.29) is 12.1 Å². The first kappa shape index (κ1) is 16.2. The molecule has 22 heavy (non-hydrogen) atoms. The number of amides is 2. The van der Waals surface area contributed by atoms with E-state index in [0.29, 0.717) is 23.7 Å². The number of nitrogens with zero attached hydrogens (tertiary/aromatic N) is 1. The summed E-state index contributed by atoms with van der Waals surface area (Å²) in [5.74, 6) is 1.24. The van der Waals surface area contributed by atoms with Crippen LogP contribution in [-0.2, 0) is 0 Å². The molecule has 1 heterocycles. The lowest BCUT2D eigenvalue weighted by atomic mass is 10.1. The highest BCUT2D eigenvalue weighted by Gasteiger charge is 2.24. The number of urea groups is 1. The number of benzene rings is 1. The fraction of sp³-hybridized carbons (Fsp3) is 0.471. The van der Waals surface area contributed by atoms with Gasteiger partial charge in [-0.05, 0) is 18.6 Å². The predicted octanol–water partition coefficient (Wildman–Crippen LogP) is 3.67. The Labute approximate surface area is 131 Å². The summed E-state index contributed by atoms with van der Waals surface area (Å²) in [4.78, 5) is 14.3. The van der Waals surface area contributed by atoms with Crippen molar-refractivity contribution in [3.8, 4) is 11.5 Å². The molecule has 0 unspecified atom stereocenters. The monoisotopic (exact) mass is 304 g/mol. The van der Waals surface area contributed by atoms with Crippen molar-refractivity contribution >= 4 is 11.7 Å². The summed E-state index contributed by atoms with van der Waals surface area (Å²) >= 11 is 0. The number of hydrogen-bond acceptors (Lipinski definition) is 3. The van der Waals surface area contributed by atoms with Crippen LogP contribution in [0.25, 0.3) is 0 Å². The summed E-state index contributed by atoms with van der Waals surface area (Å²) in [6.45, 7) is 2.82. The smallest absolute Gasteiger partial charge is 0.322 e. The summed E-state index contributed by atoms with van der Waals surface area (Å²) in [5, 5.41) is 2.93. The summed E-state index contributed by atoms with van der Waals surface area (Å²) in [7, 11) is 3.17. The van der Waals surface area contributed by atoms with Crippen molar-refractivity contribution in [2.24, 2.45) is 0 Å². The van der Waals surface area contributed by atoms with Crippen molar-refractivity contribution in [2.75, 3.05) is 26.1 Å². The van der Waals surface area contributed by atoms with Crippen LogP contribution >= 0.6 is 0 Å². The SMILES string of the molecule is CCCC[C@H]1C=CCN1C(=O)Nc1ccc(OC)c(OC)c1. The molecule has 1 aromatic rings. The molecule has 0 fully saturated rings. The van der Waals surface area contributed by atoms with Crippen LogP contribution in [0.3, 0.4) is 0 Å². The van der Waals surface area contributed by atoms with Gasteiger partial charge in [0.1, 0.15) is 0 Å². The first-order valence-electron chi connectivity index (χ1n) is 7.66. The van der Waals surface area contributed by atoms with Gasteiger partial charge in [0, 0.05) is 18.3 Å². The van der Waals surface area contributed by atoms with Crippen molar-refractivity contribution in [3.63, 3.8) is 0 Å². The lowest BCUT2D eigenvalue weighted by Gasteiger charge is -2.25. The van der Waals surface area contributed by atoms with E-state index in [9.17, 15) is 4.79 Å². The molecule has 5 heteroatoms. The number of anilines is 1. The number of carbonyl (C=O) groups is 1. The van der Waals surface area contributed by atoms with Crippen molar-refractivity contribution in [3.05, 3.63) is 30.4 Å². The van der Waals surface area contributed by atoms with Crippen LogP contribution in [0.4, 0.5) is 10.5 Å². The van der Waals surface area contributed by atoms with Gasteiger partial charge < -0.3 is 19.7 Å². The van der Waals surface area contributed by atoms with E-state index in [0.717, 1.165) is 19.3 Å². The van der Waals surface area contributed by atoms with E-state index in [1.807, 2.05) is 11.0 Å². The molecule has 0 bridgehead atoms. The highest BCUT2D eigenvalue weighted by molar-refractivity contribution is 5.90. The Bertz CT molecular complexity index is 543. The third kappa shape index (κ3) is 3.72. The van der Waals surface area contributed by atoms with Gasteiger partial charge in [0.25, 0.3) is 0 Å². The average molecular weight is 304 g/mol. The normalized spacial score (nSPS) is 16.7. The molecule has 120 valence electrons. The molecule has 0 aromatic heterocycles. The molecule has 0 saturated carbocycles. The molecular weight excluding hydrogens is 280 g/mol. The van der Waals surface area contributed by atoms with Gasteiger partial charge in [0.2, 0.25) is 0 Å². The van der Waals surface area contributed by atoms with Crippen molar-refractivity contribution in [2.45, 2.75) is 32.2 Å². The Hall–Kier alpha value is -2.17. The number of unbranched alkanes of at least 4 members (excludes halogenated alkanes) is 1. The fourth-order valence-electron chi connectivity index (χ4n) is 2.58. The summed E-state index contributed by atoms with van der Waals surface area (Å²) in [5.41, 5.74) is 0.698. The molecule has 2 rings (SSSR count). The maximum atomic E-state index is 12.4. The lowest BCUT2D eigenvalue weighted by Crippen LogP contribution is -2.39. The zero-order valence-electron chi connectivity index (χ0n) is 13.5. The highest BCUT2D eigenvalue weighted by Crippen LogP contribution is 2.30. The molecule has 1 atom stereocenters. The minimum absolute atomic E-state index is 0.0849. The minimum atomic E-state index is -0.0849. The Morgan fingerprint density at radius 3 is 2.77 bits per heavy atom. The molecule has 1 aliphatic rings. The number of hydrogen-bond donors (Lipinski definition) is 1. The van der Waals surface area contributed by atoms with Gasteiger partial charge in [-0.3, -0.25) is 0 Å². The Kier molecular flexibility index (Phi) is 5.69. The average Bonchev–Trinajstić information content (AvgIpc) is 3.01. The van der Waals surface area contributed by atoms with E-state index >= 15 is 0 Å². The minimum Gasteiger partial charge on any atom is -0.493 e. The summed E-state index contributed by atoms with van der Waals surface area (Å²) < 4.78 is 10.5. The second kappa shape index (κ2) is 7.73. The molecule has 1 N–H and O–H groups in total. The van der Waals surface area contributed by atoms with Gasteiger partial charge in [-0.2, -0.15) is 0 Å². The maximum absolute atomic E-state index is 12.4. The lowest BCUT2D eigenvalue weighted by molar-refractivity contribution is 0.208. The third-order valence-electron chi connectivity index (χ3n) is 3.81. The Morgan fingerprint density at radius 1 is 1.32 bits per heavy atom. The van der Waals surface area contributed by atoms with Gasteiger partial charge >= 0.3 is 6.03 Å². The van der Waals surface area contributed by atoms with Gasteiger partial charge in [-0.1, -0.05) is 31.9 Å². The quantitative estimate of drug-likeness (QED) is 0.816. The van der Waals surface area contributed by atoms with E-state index in [2.05, 4.69) is 24.4 Å². The van der Waals surface area contributed by atoms with Gasteiger partial charge in [0.05, 0.1) is 20.3 Å². The maximum Gasteiger partial charge on any atom is 0.322 e. The molecule has 0 radical (unpaired) electrons. The topological polar surface area (TPSA) is 50.8 Å². The summed E-state index contributed by atoms with van der Waals surface area (Å²) in [6, 6.07) is 5.47. The molecular formula is C17H24N2O3. The van der Waals surface area contributed by atoms with Crippen LogP contribution in [0.5, 0.6) is 11.5 Å². The molecule has 1 aromatic carbocycles. The van der Waals surface area contributed by atoms with Crippen LogP contribution in [0.15, 0.2) is 30.4 Å². The third-order valence-corrected chi connectivity index (χ3v) is 3.81. The van der Waals surface area contributed by atoms with E-state index in [1.54, 1.807) is 26.4 Å². The van der Waals surface area contributed by atoms with E-state index < -0.39 is 0 Å². The number of nitrogens with one attached hydrogen (secondary N) is 1. The van der Waals surface area contributed by atoms with Crippen molar-refractivity contribution in [1.82, 2.24) is 4.90 Å².